The summed E-state index contributed by atoms with van der Waals surface area (Å²) in [7, 11) is 0. The Balaban J connectivity index is 1.48. The Kier molecular flexibility index (Phi) is 9.47. The zero-order valence-corrected chi connectivity index (χ0v) is 22.0. The van der Waals surface area contributed by atoms with Crippen molar-refractivity contribution in [1.82, 2.24) is 5.32 Å². The number of primary amides is 1. The lowest BCUT2D eigenvalue weighted by molar-refractivity contribution is -0.137. The van der Waals surface area contributed by atoms with Crippen LogP contribution in [-0.4, -0.2) is 29.6 Å². The Hall–Kier alpha value is -3.85. The van der Waals surface area contributed by atoms with E-state index in [0.717, 1.165) is 42.5 Å². The van der Waals surface area contributed by atoms with Gasteiger partial charge in [-0.05, 0) is 65.4 Å². The molecule has 2 atom stereocenters. The number of benzene rings is 3. The molecule has 1 saturated carbocycles. The fourth-order valence-electron chi connectivity index (χ4n) is 4.96. The normalized spacial score (nSPS) is 15.7. The smallest absolute Gasteiger partial charge is 0.416 e. The molecule has 0 aliphatic heterocycles. The number of hydrogen-bond donors (Lipinski definition) is 3. The van der Waals surface area contributed by atoms with Gasteiger partial charge >= 0.3 is 6.18 Å². The molecule has 40 heavy (non-hydrogen) atoms. The third-order valence-electron chi connectivity index (χ3n) is 7.28. The van der Waals surface area contributed by atoms with Gasteiger partial charge in [0, 0.05) is 5.56 Å². The summed E-state index contributed by atoms with van der Waals surface area (Å²) in [5.74, 6) is -0.263. The SMILES string of the molecule is NC(=O)[C@@H](O)CNC(=O)c1ccc(O[C@@H](CC2CCCCC2)c2ccc(-c3ccc(C(F)(F)F)cc3)cc2)cc1. The van der Waals surface area contributed by atoms with Crippen molar-refractivity contribution < 1.29 is 32.6 Å². The topological polar surface area (TPSA) is 102 Å². The first-order valence-electron chi connectivity index (χ1n) is 13.4. The highest BCUT2D eigenvalue weighted by atomic mass is 19.4. The molecule has 1 aliphatic rings. The van der Waals surface area contributed by atoms with Crippen molar-refractivity contribution in [3.8, 4) is 16.9 Å². The van der Waals surface area contributed by atoms with Gasteiger partial charge < -0.3 is 20.9 Å². The van der Waals surface area contributed by atoms with Gasteiger partial charge in [-0.15, -0.1) is 0 Å². The van der Waals surface area contributed by atoms with Crippen LogP contribution in [0.3, 0.4) is 0 Å². The second-order valence-electron chi connectivity index (χ2n) is 10.2. The molecule has 212 valence electrons. The number of ether oxygens (including phenoxy) is 1. The fraction of sp³-hybridized carbons (Fsp3) is 0.355. The summed E-state index contributed by atoms with van der Waals surface area (Å²) >= 11 is 0. The number of rotatable bonds is 10. The van der Waals surface area contributed by atoms with Crippen molar-refractivity contribution in [3.63, 3.8) is 0 Å². The number of amides is 2. The monoisotopic (exact) mass is 554 g/mol. The van der Waals surface area contributed by atoms with Crippen LogP contribution in [0.25, 0.3) is 11.1 Å². The largest absolute Gasteiger partial charge is 0.486 e. The number of halogens is 3. The molecule has 0 saturated heterocycles. The number of carbonyl (C=O) groups excluding carboxylic acids is 2. The average molecular weight is 555 g/mol. The summed E-state index contributed by atoms with van der Waals surface area (Å²) in [6.45, 7) is -0.279. The van der Waals surface area contributed by atoms with E-state index in [1.807, 2.05) is 24.3 Å². The van der Waals surface area contributed by atoms with Crippen LogP contribution in [0.15, 0.2) is 72.8 Å². The van der Waals surface area contributed by atoms with Gasteiger partial charge in [-0.3, -0.25) is 9.59 Å². The molecule has 4 N–H and O–H groups in total. The van der Waals surface area contributed by atoms with Crippen molar-refractivity contribution in [3.05, 3.63) is 89.5 Å². The quantitative estimate of drug-likeness (QED) is 0.284. The van der Waals surface area contributed by atoms with Gasteiger partial charge in [0.1, 0.15) is 18.0 Å². The van der Waals surface area contributed by atoms with E-state index in [-0.39, 0.29) is 12.6 Å². The Labute approximate surface area is 231 Å². The second-order valence-corrected chi connectivity index (χ2v) is 10.2. The van der Waals surface area contributed by atoms with Gasteiger partial charge in [-0.25, -0.2) is 0 Å². The Bertz CT molecular complexity index is 1270. The molecule has 4 rings (SSSR count). The van der Waals surface area contributed by atoms with Crippen molar-refractivity contribution >= 4 is 11.8 Å². The van der Waals surface area contributed by atoms with E-state index >= 15 is 0 Å². The van der Waals surface area contributed by atoms with Crippen LogP contribution in [-0.2, 0) is 11.0 Å². The number of alkyl halides is 3. The highest BCUT2D eigenvalue weighted by Gasteiger charge is 2.30. The molecule has 1 aliphatic carbocycles. The molecule has 0 spiro atoms. The van der Waals surface area contributed by atoms with Crippen molar-refractivity contribution in [2.75, 3.05) is 6.54 Å². The molecule has 0 unspecified atom stereocenters. The third-order valence-corrected chi connectivity index (χ3v) is 7.28. The van der Waals surface area contributed by atoms with E-state index in [1.165, 1.54) is 31.4 Å². The van der Waals surface area contributed by atoms with E-state index in [0.29, 0.717) is 22.8 Å². The van der Waals surface area contributed by atoms with Crippen molar-refractivity contribution in [2.45, 2.75) is 56.9 Å². The summed E-state index contributed by atoms with van der Waals surface area (Å²) in [6, 6.07) is 19.4. The summed E-state index contributed by atoms with van der Waals surface area (Å²) in [5.41, 5.74) is 7.13. The minimum absolute atomic E-state index is 0.241. The van der Waals surface area contributed by atoms with E-state index < -0.39 is 29.7 Å². The lowest BCUT2D eigenvalue weighted by atomic mass is 9.84. The highest BCUT2D eigenvalue weighted by molar-refractivity contribution is 5.94. The lowest BCUT2D eigenvalue weighted by Gasteiger charge is -2.27. The Morgan fingerprint density at radius 2 is 1.48 bits per heavy atom. The molecule has 9 heteroatoms. The van der Waals surface area contributed by atoms with E-state index in [9.17, 15) is 27.9 Å². The van der Waals surface area contributed by atoms with Gasteiger partial charge in [0.15, 0.2) is 0 Å². The first-order valence-corrected chi connectivity index (χ1v) is 13.4. The van der Waals surface area contributed by atoms with Crippen LogP contribution in [0.5, 0.6) is 5.75 Å². The fourth-order valence-corrected chi connectivity index (χ4v) is 4.96. The number of nitrogens with one attached hydrogen (secondary N) is 1. The minimum Gasteiger partial charge on any atom is -0.486 e. The van der Waals surface area contributed by atoms with Crippen LogP contribution in [0.4, 0.5) is 13.2 Å². The lowest BCUT2D eigenvalue weighted by Crippen LogP contribution is -2.39. The molecule has 1 fully saturated rings. The molecule has 6 nitrogen and oxygen atoms in total. The zero-order valence-electron chi connectivity index (χ0n) is 22.0. The maximum Gasteiger partial charge on any atom is 0.416 e. The minimum atomic E-state index is -4.37. The summed E-state index contributed by atoms with van der Waals surface area (Å²) in [5, 5.41) is 11.9. The zero-order chi connectivity index (χ0) is 28.7. The molecular weight excluding hydrogens is 521 g/mol. The summed E-state index contributed by atoms with van der Waals surface area (Å²) < 4.78 is 45.2. The molecule has 0 aromatic heterocycles. The van der Waals surface area contributed by atoms with Crippen LogP contribution in [0, 0.1) is 5.92 Å². The third kappa shape index (κ3) is 7.85. The molecule has 3 aromatic rings. The predicted molar refractivity (Wildman–Crippen MR) is 145 cm³/mol. The molecule has 0 bridgehead atoms. The maximum atomic E-state index is 12.9. The summed E-state index contributed by atoms with van der Waals surface area (Å²) in [6.07, 6.45) is 0.655. The summed E-state index contributed by atoms with van der Waals surface area (Å²) in [4.78, 5) is 23.3. The number of aliphatic hydroxyl groups excluding tert-OH is 1. The Morgan fingerprint density at radius 3 is 2.02 bits per heavy atom. The van der Waals surface area contributed by atoms with Crippen LogP contribution >= 0.6 is 0 Å². The molecule has 0 radical (unpaired) electrons. The van der Waals surface area contributed by atoms with E-state index in [4.69, 9.17) is 10.5 Å². The van der Waals surface area contributed by atoms with Crippen molar-refractivity contribution in [2.24, 2.45) is 11.7 Å². The number of hydrogen-bond acceptors (Lipinski definition) is 4. The number of aliphatic hydroxyl groups is 1. The van der Waals surface area contributed by atoms with Crippen LogP contribution in [0.2, 0.25) is 0 Å². The van der Waals surface area contributed by atoms with Gasteiger partial charge in [-0.2, -0.15) is 13.2 Å². The predicted octanol–water partition coefficient (Wildman–Crippen LogP) is 6.04. The van der Waals surface area contributed by atoms with E-state index in [2.05, 4.69) is 5.32 Å². The average Bonchev–Trinajstić information content (AvgIpc) is 2.96. The van der Waals surface area contributed by atoms with Crippen LogP contribution < -0.4 is 15.8 Å². The van der Waals surface area contributed by atoms with E-state index in [1.54, 1.807) is 24.3 Å². The first-order chi connectivity index (χ1) is 19.1. The van der Waals surface area contributed by atoms with Gasteiger partial charge in [0.05, 0.1) is 12.1 Å². The van der Waals surface area contributed by atoms with Gasteiger partial charge in [0.25, 0.3) is 5.91 Å². The van der Waals surface area contributed by atoms with Gasteiger partial charge in [0.2, 0.25) is 5.91 Å². The molecule has 0 heterocycles. The maximum absolute atomic E-state index is 12.9. The number of nitrogens with two attached hydrogens (primary N) is 1. The molecule has 2 amide bonds. The second kappa shape index (κ2) is 13.0. The first kappa shape index (κ1) is 29.1. The standard InChI is InChI=1S/C31H33F3N2O4/c32-31(33,34)25-14-10-22(11-15-25)21-6-8-23(9-7-21)28(18-20-4-2-1-3-5-20)40-26-16-12-24(13-17-26)30(39)36-19-27(37)29(35)38/h6-17,20,27-28,37H,1-5,18-19H2,(H2,35,38)(H,36,39)/t27-,28-/m0/s1. The highest BCUT2D eigenvalue weighted by Crippen LogP contribution is 2.36. The van der Waals surface area contributed by atoms with Crippen LogP contribution in [0.1, 0.15) is 66.1 Å². The van der Waals surface area contributed by atoms with Gasteiger partial charge in [-0.1, -0.05) is 68.5 Å². The Morgan fingerprint density at radius 1 is 0.900 bits per heavy atom. The van der Waals surface area contributed by atoms with Crippen molar-refractivity contribution in [1.29, 1.82) is 0 Å². The molecule has 3 aromatic carbocycles. The molecular formula is C31H33F3N2O4. The number of carbonyl (C=O) groups is 2.